The molecule has 156 valence electrons. The van der Waals surface area contributed by atoms with Crippen LogP contribution in [-0.4, -0.2) is 43.4 Å². The van der Waals surface area contributed by atoms with Gasteiger partial charge in [0, 0.05) is 48.4 Å². The smallest absolute Gasteiger partial charge is 0.162 e. The number of nitrogens with zero attached hydrogens (tertiary/aromatic N) is 2. The number of hydrogen-bond donors (Lipinski definition) is 0. The van der Waals surface area contributed by atoms with E-state index in [-0.39, 0.29) is 12.4 Å². The van der Waals surface area contributed by atoms with Gasteiger partial charge in [0.25, 0.3) is 0 Å². The van der Waals surface area contributed by atoms with Crippen LogP contribution in [0.15, 0.2) is 36.4 Å². The number of methoxy groups -OCH3 is 3. The third-order valence-corrected chi connectivity index (χ3v) is 5.75. The summed E-state index contributed by atoms with van der Waals surface area (Å²) in [6.07, 6.45) is 0. The van der Waals surface area contributed by atoms with Crippen molar-refractivity contribution in [1.29, 1.82) is 0 Å². The van der Waals surface area contributed by atoms with Crippen LogP contribution in [-0.2, 0) is 13.1 Å². The Bertz CT molecular complexity index is 996. The Morgan fingerprint density at radius 3 is 2.10 bits per heavy atom. The summed E-state index contributed by atoms with van der Waals surface area (Å²) in [5.41, 5.74) is 5.00. The molecular formula is C23H29ClN2O3. The maximum absolute atomic E-state index is 5.60. The quantitative estimate of drug-likeness (QED) is 0.587. The van der Waals surface area contributed by atoms with Gasteiger partial charge in [-0.1, -0.05) is 12.1 Å². The molecule has 2 heterocycles. The van der Waals surface area contributed by atoms with Gasteiger partial charge in [-0.3, -0.25) is 4.90 Å². The van der Waals surface area contributed by atoms with Crippen LogP contribution in [0.5, 0.6) is 17.2 Å². The van der Waals surface area contributed by atoms with Crippen LogP contribution >= 0.6 is 12.4 Å². The van der Waals surface area contributed by atoms with Gasteiger partial charge in [-0.2, -0.15) is 0 Å². The zero-order chi connectivity index (χ0) is 19.8. The van der Waals surface area contributed by atoms with E-state index < -0.39 is 0 Å². The highest BCUT2D eigenvalue weighted by molar-refractivity contribution is 6.00. The van der Waals surface area contributed by atoms with Crippen LogP contribution in [0.1, 0.15) is 19.5 Å². The Balaban J connectivity index is 0.00000240. The molecule has 1 aliphatic heterocycles. The monoisotopic (exact) mass is 416 g/mol. The number of benzene rings is 2. The highest BCUT2D eigenvalue weighted by atomic mass is 35.5. The molecule has 0 aliphatic carbocycles. The van der Waals surface area contributed by atoms with E-state index in [0.717, 1.165) is 36.9 Å². The van der Waals surface area contributed by atoms with Crippen molar-refractivity contribution in [3.05, 3.63) is 42.1 Å². The second-order valence-electron chi connectivity index (χ2n) is 7.49. The molecule has 5 nitrogen and oxygen atoms in total. The lowest BCUT2D eigenvalue weighted by Crippen LogP contribution is -2.38. The fourth-order valence-corrected chi connectivity index (χ4v) is 4.17. The van der Waals surface area contributed by atoms with Gasteiger partial charge in [0.2, 0.25) is 0 Å². The first-order valence-corrected chi connectivity index (χ1v) is 9.73. The minimum Gasteiger partial charge on any atom is -0.497 e. The summed E-state index contributed by atoms with van der Waals surface area (Å²) in [4.78, 5) is 2.52. The number of halogens is 1. The molecule has 4 rings (SSSR count). The minimum absolute atomic E-state index is 0. The summed E-state index contributed by atoms with van der Waals surface area (Å²) in [6, 6.07) is 13.1. The standard InChI is InChI=1S/C23H28N2O3.ClH/c1-15(2)24-10-11-25-19-13-22(28-5)21(27-4)12-18(19)23(20(25)14-24)16-6-8-17(26-3)9-7-16;/h6-9,12-13,15H,10-11,14H2,1-5H3;1H. The van der Waals surface area contributed by atoms with E-state index in [0.29, 0.717) is 6.04 Å². The molecular weight excluding hydrogens is 388 g/mol. The van der Waals surface area contributed by atoms with E-state index in [9.17, 15) is 0 Å². The summed E-state index contributed by atoms with van der Waals surface area (Å²) in [6.45, 7) is 7.47. The molecule has 3 aromatic rings. The Morgan fingerprint density at radius 2 is 1.52 bits per heavy atom. The largest absolute Gasteiger partial charge is 0.497 e. The van der Waals surface area contributed by atoms with E-state index in [1.807, 2.05) is 12.1 Å². The van der Waals surface area contributed by atoms with Crippen LogP contribution in [0.2, 0.25) is 0 Å². The van der Waals surface area contributed by atoms with Gasteiger partial charge in [0.1, 0.15) is 5.75 Å². The maximum Gasteiger partial charge on any atom is 0.162 e. The molecule has 0 unspecified atom stereocenters. The van der Waals surface area contributed by atoms with Crippen molar-refractivity contribution in [2.75, 3.05) is 27.9 Å². The van der Waals surface area contributed by atoms with Crippen molar-refractivity contribution in [3.8, 4) is 28.4 Å². The van der Waals surface area contributed by atoms with Gasteiger partial charge in [0.05, 0.1) is 26.8 Å². The summed E-state index contributed by atoms with van der Waals surface area (Å²) in [5.74, 6) is 2.39. The Kier molecular flexibility index (Phi) is 6.30. The van der Waals surface area contributed by atoms with E-state index in [4.69, 9.17) is 14.2 Å². The van der Waals surface area contributed by atoms with Gasteiger partial charge in [-0.05, 0) is 37.6 Å². The lowest BCUT2D eigenvalue weighted by atomic mass is 10.0. The predicted octanol–water partition coefficient (Wildman–Crippen LogP) is 4.98. The molecule has 0 fully saturated rings. The SMILES string of the molecule is COc1ccc(-c2c3n(c4cc(OC)c(OC)cc24)CCN(C(C)C)C3)cc1.Cl. The molecule has 6 heteroatoms. The lowest BCUT2D eigenvalue weighted by Gasteiger charge is -2.32. The number of ether oxygens (including phenoxy) is 3. The molecule has 0 amide bonds. The third-order valence-electron chi connectivity index (χ3n) is 5.75. The number of fused-ring (bicyclic) bond motifs is 3. The van der Waals surface area contributed by atoms with Crippen molar-refractivity contribution < 1.29 is 14.2 Å². The average Bonchev–Trinajstić information content (AvgIpc) is 3.05. The fraction of sp³-hybridized carbons (Fsp3) is 0.391. The van der Waals surface area contributed by atoms with Gasteiger partial charge >= 0.3 is 0 Å². The second kappa shape index (κ2) is 8.56. The number of aromatic nitrogens is 1. The number of hydrogen-bond acceptors (Lipinski definition) is 4. The van der Waals surface area contributed by atoms with E-state index in [1.54, 1.807) is 21.3 Å². The molecule has 0 N–H and O–H groups in total. The van der Waals surface area contributed by atoms with E-state index in [1.165, 1.54) is 27.7 Å². The average molecular weight is 417 g/mol. The molecule has 0 saturated carbocycles. The molecule has 1 aromatic heterocycles. The van der Waals surface area contributed by atoms with Gasteiger partial charge < -0.3 is 18.8 Å². The van der Waals surface area contributed by atoms with E-state index >= 15 is 0 Å². The summed E-state index contributed by atoms with van der Waals surface area (Å²) in [5, 5.41) is 1.20. The summed E-state index contributed by atoms with van der Waals surface area (Å²) < 4.78 is 19.0. The topological polar surface area (TPSA) is 35.9 Å². The zero-order valence-electron chi connectivity index (χ0n) is 17.7. The molecule has 0 spiro atoms. The highest BCUT2D eigenvalue weighted by Gasteiger charge is 2.27. The molecule has 0 atom stereocenters. The van der Waals surface area contributed by atoms with Crippen LogP contribution in [0, 0.1) is 0 Å². The van der Waals surface area contributed by atoms with Crippen LogP contribution in [0.25, 0.3) is 22.0 Å². The molecule has 0 radical (unpaired) electrons. The highest BCUT2D eigenvalue weighted by Crippen LogP contribution is 2.42. The molecule has 0 bridgehead atoms. The molecule has 0 saturated heterocycles. The van der Waals surface area contributed by atoms with Crippen molar-refractivity contribution in [3.63, 3.8) is 0 Å². The van der Waals surface area contributed by atoms with Gasteiger partial charge in [-0.15, -0.1) is 12.4 Å². The van der Waals surface area contributed by atoms with Crippen LogP contribution in [0.4, 0.5) is 0 Å². The molecule has 1 aliphatic rings. The van der Waals surface area contributed by atoms with E-state index in [2.05, 4.69) is 47.6 Å². The third kappa shape index (κ3) is 3.65. The number of rotatable bonds is 5. The van der Waals surface area contributed by atoms with Crippen molar-refractivity contribution in [2.45, 2.75) is 33.0 Å². The Hall–Kier alpha value is -2.37. The van der Waals surface area contributed by atoms with Crippen molar-refractivity contribution in [1.82, 2.24) is 9.47 Å². The molecule has 2 aromatic carbocycles. The van der Waals surface area contributed by atoms with Gasteiger partial charge in [0.15, 0.2) is 11.5 Å². The fourth-order valence-electron chi connectivity index (χ4n) is 4.17. The van der Waals surface area contributed by atoms with Crippen LogP contribution in [0.3, 0.4) is 0 Å². The second-order valence-corrected chi connectivity index (χ2v) is 7.49. The zero-order valence-corrected chi connectivity index (χ0v) is 18.5. The van der Waals surface area contributed by atoms with Crippen LogP contribution < -0.4 is 14.2 Å². The lowest BCUT2D eigenvalue weighted by molar-refractivity contribution is 0.179. The first-order valence-electron chi connectivity index (χ1n) is 9.73. The first-order chi connectivity index (χ1) is 13.6. The van der Waals surface area contributed by atoms with Gasteiger partial charge in [-0.25, -0.2) is 0 Å². The maximum atomic E-state index is 5.60. The molecule has 29 heavy (non-hydrogen) atoms. The van der Waals surface area contributed by atoms with Crippen molar-refractivity contribution in [2.24, 2.45) is 0 Å². The Labute approximate surface area is 178 Å². The normalized spacial score (nSPS) is 13.9. The minimum atomic E-state index is 0. The summed E-state index contributed by atoms with van der Waals surface area (Å²) in [7, 11) is 5.07. The summed E-state index contributed by atoms with van der Waals surface area (Å²) >= 11 is 0. The Morgan fingerprint density at radius 1 is 0.862 bits per heavy atom. The predicted molar refractivity (Wildman–Crippen MR) is 120 cm³/mol. The van der Waals surface area contributed by atoms with Crippen molar-refractivity contribution >= 4 is 23.3 Å². The first kappa shape index (κ1) is 21.3.